The Kier molecular flexibility index (Phi) is 31.3. The lowest BCUT2D eigenvalue weighted by molar-refractivity contribution is 0.102. The molecule has 0 fully saturated rings. The van der Waals surface area contributed by atoms with E-state index in [4.69, 9.17) is 30.4 Å². The van der Waals surface area contributed by atoms with Crippen LogP contribution in [0.2, 0.25) is 0 Å². The van der Waals surface area contributed by atoms with E-state index in [2.05, 4.69) is 41.4 Å². The number of amides is 2. The molecule has 2 aromatic carbocycles. The van der Waals surface area contributed by atoms with E-state index < -0.39 is 11.8 Å². The molecule has 0 aliphatic carbocycles. The molecule has 0 unspecified atom stereocenters. The molecule has 0 saturated heterocycles. The van der Waals surface area contributed by atoms with Gasteiger partial charge in [-0.05, 0) is 79.4 Å². The van der Waals surface area contributed by atoms with E-state index in [0.29, 0.717) is 42.8 Å². The summed E-state index contributed by atoms with van der Waals surface area (Å²) in [4.78, 5) is 35.9. The van der Waals surface area contributed by atoms with Gasteiger partial charge in [-0.25, -0.2) is 9.97 Å². The lowest BCUT2D eigenvalue weighted by Crippen LogP contribution is -2.17. The van der Waals surface area contributed by atoms with Gasteiger partial charge in [-0.2, -0.15) is 0 Å². The summed E-state index contributed by atoms with van der Waals surface area (Å²) in [6, 6.07) is 18.6. The summed E-state index contributed by atoms with van der Waals surface area (Å²) in [5.41, 5.74) is 13.0. The number of hydrogen-bond acceptors (Lipinski definition) is 10. The van der Waals surface area contributed by atoms with E-state index in [1.54, 1.807) is 48.5 Å². The van der Waals surface area contributed by atoms with Crippen LogP contribution in [0.5, 0.6) is 23.0 Å². The third-order valence-corrected chi connectivity index (χ3v) is 13.2. The van der Waals surface area contributed by atoms with Crippen LogP contribution in [0.1, 0.15) is 240 Å². The molecule has 4 rings (SSSR count). The van der Waals surface area contributed by atoms with E-state index in [0.717, 1.165) is 44.1 Å². The molecule has 0 atom stereocenters. The van der Waals surface area contributed by atoms with Gasteiger partial charge in [0, 0.05) is 11.1 Å². The second kappa shape index (κ2) is 38.1. The number of ether oxygens (including phenoxy) is 4. The van der Waals surface area contributed by atoms with Crippen LogP contribution in [0.3, 0.4) is 0 Å². The largest absolute Gasteiger partial charge is 0.490 e. The van der Waals surface area contributed by atoms with Crippen LogP contribution in [0.4, 0.5) is 23.3 Å². The molecule has 0 radical (unpaired) electrons. The summed E-state index contributed by atoms with van der Waals surface area (Å²) < 4.78 is 26.4. The number of anilines is 4. The number of pyridine rings is 2. The van der Waals surface area contributed by atoms with Crippen molar-refractivity contribution in [3.05, 3.63) is 83.4 Å². The summed E-state index contributed by atoms with van der Waals surface area (Å²) >= 11 is 0. The molecule has 73 heavy (non-hydrogen) atoms. The minimum Gasteiger partial charge on any atom is -0.490 e. The molecule has 12 nitrogen and oxygen atoms in total. The van der Waals surface area contributed by atoms with Gasteiger partial charge in [0.15, 0.2) is 11.5 Å². The van der Waals surface area contributed by atoms with Crippen LogP contribution in [0.25, 0.3) is 0 Å². The highest BCUT2D eigenvalue weighted by Crippen LogP contribution is 2.40. The minimum absolute atomic E-state index is 0.0988. The molecule has 12 heteroatoms. The first-order valence-electron chi connectivity index (χ1n) is 28.7. The zero-order chi connectivity index (χ0) is 52.0. The number of unbranched alkanes of at least 4 members (excludes halogenated alkanes) is 27. The molecule has 0 aliphatic rings. The predicted octanol–water partition coefficient (Wildman–Crippen LogP) is 16.6. The number of nitrogen functional groups attached to an aromatic ring is 2. The van der Waals surface area contributed by atoms with Crippen molar-refractivity contribution in [2.24, 2.45) is 0 Å². The molecular formula is C61H94N6O6. The van der Waals surface area contributed by atoms with Gasteiger partial charge in [0.25, 0.3) is 11.8 Å². The first kappa shape index (κ1) is 60.0. The lowest BCUT2D eigenvalue weighted by atomic mass is 10.1. The van der Waals surface area contributed by atoms with Crippen molar-refractivity contribution >= 4 is 35.1 Å². The SMILES string of the molecule is CCCCCCCCCCCCOc1cc(COc2cc(C(=O)Nc3cccc(N)n3)cc(C(=O)Nc3cccc(N)n3)c2)cc(OCCCCCCCCCCCC)c1OCCCCCCCCCCCC. The standard InChI is InChI=1S/C61H94N6O6/c1-4-7-10-13-16-19-22-25-28-31-40-70-53-43-49(44-54(71-41-32-29-26-23-20-17-14-11-8-5-2)59(53)72-42-33-30-27-24-21-18-15-12-9-6-3)48-73-52-46-50(60(68)66-57-38-34-36-55(62)64-57)45-51(47-52)61(69)67-58-39-35-37-56(63)65-58/h34-39,43-47H,4-33,40-42,48H2,1-3H3,(H3,62,64,66,68)(H3,63,65,67,69). The van der Waals surface area contributed by atoms with E-state index in [1.807, 2.05) is 12.1 Å². The summed E-state index contributed by atoms with van der Waals surface area (Å²) in [5, 5.41) is 5.58. The number of nitrogens with zero attached hydrogens (tertiary/aromatic N) is 2. The fraction of sp³-hybridized carbons (Fsp3) is 0.607. The molecule has 0 saturated carbocycles. The maximum atomic E-state index is 13.7. The third-order valence-electron chi connectivity index (χ3n) is 13.2. The summed E-state index contributed by atoms with van der Waals surface area (Å²) in [6.07, 6.45) is 37.3. The van der Waals surface area contributed by atoms with E-state index >= 15 is 0 Å². The van der Waals surface area contributed by atoms with Crippen LogP contribution >= 0.6 is 0 Å². The maximum absolute atomic E-state index is 13.7. The molecule has 2 aromatic heterocycles. The Morgan fingerprint density at radius 2 is 0.767 bits per heavy atom. The second-order valence-corrected chi connectivity index (χ2v) is 19.9. The average molecular weight is 1010 g/mol. The number of benzene rings is 2. The summed E-state index contributed by atoms with van der Waals surface area (Å²) in [6.45, 7) is 8.60. The van der Waals surface area contributed by atoms with Crippen molar-refractivity contribution in [3.8, 4) is 23.0 Å². The quantitative estimate of drug-likeness (QED) is 0.0313. The Balaban J connectivity index is 1.54. The number of hydrogen-bond donors (Lipinski definition) is 4. The molecule has 6 N–H and O–H groups in total. The smallest absolute Gasteiger partial charge is 0.256 e. The molecule has 404 valence electrons. The van der Waals surface area contributed by atoms with Gasteiger partial charge in [0.1, 0.15) is 35.6 Å². The number of aromatic nitrogens is 2. The van der Waals surface area contributed by atoms with E-state index in [1.165, 1.54) is 160 Å². The van der Waals surface area contributed by atoms with Crippen LogP contribution in [-0.2, 0) is 6.61 Å². The van der Waals surface area contributed by atoms with Gasteiger partial charge in [-0.1, -0.05) is 206 Å². The number of carbonyl (C=O) groups is 2. The predicted molar refractivity (Wildman–Crippen MR) is 302 cm³/mol. The van der Waals surface area contributed by atoms with Crippen molar-refractivity contribution in [3.63, 3.8) is 0 Å². The lowest BCUT2D eigenvalue weighted by Gasteiger charge is -2.19. The first-order valence-corrected chi connectivity index (χ1v) is 28.7. The molecule has 2 amide bonds. The van der Waals surface area contributed by atoms with Gasteiger partial charge in [-0.3, -0.25) is 9.59 Å². The van der Waals surface area contributed by atoms with Crippen molar-refractivity contribution in [2.75, 3.05) is 41.9 Å². The molecule has 2 heterocycles. The van der Waals surface area contributed by atoms with E-state index in [9.17, 15) is 9.59 Å². The van der Waals surface area contributed by atoms with Crippen molar-refractivity contribution in [1.29, 1.82) is 0 Å². The fourth-order valence-corrected chi connectivity index (χ4v) is 8.91. The van der Waals surface area contributed by atoms with Gasteiger partial charge in [-0.15, -0.1) is 0 Å². The normalized spacial score (nSPS) is 11.1. The Morgan fingerprint density at radius 1 is 0.425 bits per heavy atom. The number of rotatable bonds is 43. The molecule has 4 aromatic rings. The van der Waals surface area contributed by atoms with Crippen molar-refractivity contribution < 1.29 is 28.5 Å². The highest BCUT2D eigenvalue weighted by molar-refractivity contribution is 6.08. The number of nitrogens with two attached hydrogens (primary N) is 2. The van der Waals surface area contributed by atoms with Gasteiger partial charge >= 0.3 is 0 Å². The Hall–Kier alpha value is -5.52. The molecule has 0 bridgehead atoms. The summed E-state index contributed by atoms with van der Waals surface area (Å²) in [5.74, 6) is 2.32. The third kappa shape index (κ3) is 26.3. The second-order valence-electron chi connectivity index (χ2n) is 19.9. The molecule has 0 aliphatic heterocycles. The Labute approximate surface area is 440 Å². The van der Waals surface area contributed by atoms with Crippen LogP contribution < -0.4 is 41.0 Å². The monoisotopic (exact) mass is 1010 g/mol. The average Bonchev–Trinajstić information content (AvgIpc) is 3.38. The zero-order valence-electron chi connectivity index (χ0n) is 45.4. The van der Waals surface area contributed by atoms with E-state index in [-0.39, 0.29) is 41.0 Å². The topological polar surface area (TPSA) is 173 Å². The zero-order valence-corrected chi connectivity index (χ0v) is 45.4. The summed E-state index contributed by atoms with van der Waals surface area (Å²) in [7, 11) is 0. The molecular weight excluding hydrogens is 913 g/mol. The van der Waals surface area contributed by atoms with Crippen molar-refractivity contribution in [2.45, 2.75) is 220 Å². The Morgan fingerprint density at radius 3 is 1.12 bits per heavy atom. The highest BCUT2D eigenvalue weighted by Gasteiger charge is 2.19. The van der Waals surface area contributed by atoms with Gasteiger partial charge < -0.3 is 41.0 Å². The molecule has 0 spiro atoms. The number of nitrogens with one attached hydrogen (secondary N) is 2. The maximum Gasteiger partial charge on any atom is 0.256 e. The van der Waals surface area contributed by atoms with Crippen LogP contribution in [-0.4, -0.2) is 41.6 Å². The highest BCUT2D eigenvalue weighted by atomic mass is 16.5. The van der Waals surface area contributed by atoms with Crippen molar-refractivity contribution in [1.82, 2.24) is 9.97 Å². The Bertz CT molecular complexity index is 1990. The fourth-order valence-electron chi connectivity index (χ4n) is 8.91. The minimum atomic E-state index is -0.492. The van der Waals surface area contributed by atoms with Gasteiger partial charge in [0.05, 0.1) is 19.8 Å². The van der Waals surface area contributed by atoms with Crippen LogP contribution in [0, 0.1) is 0 Å². The number of carbonyl (C=O) groups excluding carboxylic acids is 2. The van der Waals surface area contributed by atoms with Gasteiger partial charge in [0.2, 0.25) is 5.75 Å². The van der Waals surface area contributed by atoms with Crippen LogP contribution in [0.15, 0.2) is 66.7 Å². The first-order chi connectivity index (χ1) is 35.8.